The number of ketones is 1. The topological polar surface area (TPSA) is 72.8 Å². The van der Waals surface area contributed by atoms with Crippen LogP contribution in [0.5, 0.6) is 5.75 Å². The summed E-state index contributed by atoms with van der Waals surface area (Å²) in [6.45, 7) is 0. The number of aliphatic hydroxyl groups is 1. The number of carbonyl (C=O) groups is 2. The molecule has 0 aliphatic carbocycles. The Morgan fingerprint density at radius 3 is 2.88 bits per heavy atom. The van der Waals surface area contributed by atoms with Crippen LogP contribution in [0.2, 0.25) is 0 Å². The van der Waals surface area contributed by atoms with E-state index in [1.165, 1.54) is 6.07 Å². The average molecular weight is 222 g/mol. The molecule has 5 heteroatoms. The lowest BCUT2D eigenvalue weighted by atomic mass is 9.98. The molecular weight excluding hydrogens is 212 g/mol. The summed E-state index contributed by atoms with van der Waals surface area (Å²) < 4.78 is 9.49. The number of ether oxygens (including phenoxy) is 2. The van der Waals surface area contributed by atoms with Gasteiger partial charge in [0, 0.05) is 0 Å². The number of methoxy groups -OCH3 is 1. The molecule has 0 saturated heterocycles. The van der Waals surface area contributed by atoms with Crippen molar-refractivity contribution in [3.05, 3.63) is 29.8 Å². The van der Waals surface area contributed by atoms with Crippen molar-refractivity contribution >= 4 is 11.8 Å². The number of carbonyl (C=O) groups excluding carboxylic acids is 2. The van der Waals surface area contributed by atoms with E-state index in [9.17, 15) is 14.7 Å². The van der Waals surface area contributed by atoms with Crippen molar-refractivity contribution in [2.45, 2.75) is 12.2 Å². The highest BCUT2D eigenvalue weighted by atomic mass is 16.7. The number of rotatable bonds is 1. The fraction of sp³-hybridized carbons (Fsp3) is 0.273. The molecule has 5 nitrogen and oxygen atoms in total. The van der Waals surface area contributed by atoms with Crippen LogP contribution in [-0.4, -0.2) is 29.8 Å². The first kappa shape index (κ1) is 10.6. The van der Waals surface area contributed by atoms with Crippen LogP contribution in [0.25, 0.3) is 0 Å². The Bertz CT molecular complexity index is 453. The molecule has 0 saturated carbocycles. The molecule has 0 amide bonds. The zero-order valence-electron chi connectivity index (χ0n) is 8.60. The van der Waals surface area contributed by atoms with Gasteiger partial charge in [0.15, 0.2) is 5.78 Å². The Hall–Kier alpha value is -1.88. The van der Waals surface area contributed by atoms with E-state index in [2.05, 4.69) is 4.74 Å². The van der Waals surface area contributed by atoms with E-state index >= 15 is 0 Å². The first-order valence-electron chi connectivity index (χ1n) is 4.69. The molecule has 1 aliphatic rings. The van der Waals surface area contributed by atoms with Crippen molar-refractivity contribution in [1.82, 2.24) is 0 Å². The highest BCUT2D eigenvalue weighted by Crippen LogP contribution is 2.32. The normalized spacial score (nSPS) is 23.2. The number of hydrogen-bond donors (Lipinski definition) is 1. The molecule has 1 heterocycles. The van der Waals surface area contributed by atoms with Crippen LogP contribution in [0.1, 0.15) is 16.8 Å². The fourth-order valence-electron chi connectivity index (χ4n) is 1.59. The van der Waals surface area contributed by atoms with Crippen molar-refractivity contribution in [3.8, 4) is 5.75 Å². The number of para-hydroxylation sites is 1. The van der Waals surface area contributed by atoms with E-state index in [1.807, 2.05) is 0 Å². The molecule has 0 fully saturated rings. The van der Waals surface area contributed by atoms with Crippen molar-refractivity contribution in [3.63, 3.8) is 0 Å². The third-order valence-corrected chi connectivity index (χ3v) is 2.37. The molecule has 1 N–H and O–H groups in total. The van der Waals surface area contributed by atoms with Crippen molar-refractivity contribution < 1.29 is 24.2 Å². The summed E-state index contributed by atoms with van der Waals surface area (Å²) in [5.74, 6) is -3.35. The second kappa shape index (κ2) is 3.61. The summed E-state index contributed by atoms with van der Waals surface area (Å²) >= 11 is 0. The third kappa shape index (κ3) is 1.55. The van der Waals surface area contributed by atoms with E-state index in [0.717, 1.165) is 7.11 Å². The fourth-order valence-corrected chi connectivity index (χ4v) is 1.59. The van der Waals surface area contributed by atoms with E-state index in [1.54, 1.807) is 18.2 Å². The van der Waals surface area contributed by atoms with Gasteiger partial charge < -0.3 is 14.6 Å². The molecule has 1 aromatic rings. The maximum atomic E-state index is 11.7. The molecule has 16 heavy (non-hydrogen) atoms. The molecule has 84 valence electrons. The van der Waals surface area contributed by atoms with Crippen LogP contribution < -0.4 is 4.74 Å². The van der Waals surface area contributed by atoms with Gasteiger partial charge in [-0.15, -0.1) is 0 Å². The van der Waals surface area contributed by atoms with Crippen LogP contribution in [-0.2, 0) is 9.53 Å². The molecule has 0 bridgehead atoms. The van der Waals surface area contributed by atoms with Gasteiger partial charge in [0.2, 0.25) is 0 Å². The monoisotopic (exact) mass is 222 g/mol. The average Bonchev–Trinajstić information content (AvgIpc) is 2.27. The largest absolute Gasteiger partial charge is 0.464 e. The van der Waals surface area contributed by atoms with E-state index < -0.39 is 18.2 Å². The standard InChI is InChI=1S/C11H10O5/c1-15-10(13)11(14)6-8(12)7-4-2-3-5-9(7)16-11/h2-5,14H,6H2,1H3/t11-/m1/s1. The third-order valence-electron chi connectivity index (χ3n) is 2.37. The minimum absolute atomic E-state index is 0.187. The van der Waals surface area contributed by atoms with Gasteiger partial charge in [0.25, 0.3) is 0 Å². The summed E-state index contributed by atoms with van der Waals surface area (Å²) in [5, 5.41) is 9.84. The number of benzene rings is 1. The van der Waals surface area contributed by atoms with Gasteiger partial charge in [-0.2, -0.15) is 0 Å². The highest BCUT2D eigenvalue weighted by molar-refractivity contribution is 6.03. The molecule has 0 aromatic heterocycles. The van der Waals surface area contributed by atoms with Crippen molar-refractivity contribution in [2.24, 2.45) is 0 Å². The predicted octanol–water partition coefficient (Wildman–Crippen LogP) is 0.513. The van der Waals surface area contributed by atoms with Gasteiger partial charge in [0.05, 0.1) is 19.1 Å². The Morgan fingerprint density at radius 1 is 1.50 bits per heavy atom. The molecular formula is C11H10O5. The van der Waals surface area contributed by atoms with Crippen LogP contribution in [0.4, 0.5) is 0 Å². The van der Waals surface area contributed by atoms with E-state index in [4.69, 9.17) is 4.74 Å². The number of hydrogen-bond acceptors (Lipinski definition) is 5. The molecule has 0 radical (unpaired) electrons. The molecule has 0 spiro atoms. The van der Waals surface area contributed by atoms with Crippen LogP contribution >= 0.6 is 0 Å². The van der Waals surface area contributed by atoms with Crippen LogP contribution in [0.15, 0.2) is 24.3 Å². The quantitative estimate of drug-likeness (QED) is 0.701. The zero-order chi connectivity index (χ0) is 11.8. The predicted molar refractivity (Wildman–Crippen MR) is 53.0 cm³/mol. The molecule has 2 rings (SSSR count). The summed E-state index contributed by atoms with van der Waals surface area (Å²) in [7, 11) is 1.12. The summed E-state index contributed by atoms with van der Waals surface area (Å²) in [4.78, 5) is 23.0. The van der Waals surface area contributed by atoms with Gasteiger partial charge in [-0.05, 0) is 12.1 Å². The summed E-state index contributed by atoms with van der Waals surface area (Å²) in [5.41, 5.74) is 0.357. The second-order valence-corrected chi connectivity index (χ2v) is 3.47. The summed E-state index contributed by atoms with van der Waals surface area (Å²) in [6, 6.07) is 6.42. The second-order valence-electron chi connectivity index (χ2n) is 3.47. The van der Waals surface area contributed by atoms with E-state index in [-0.39, 0.29) is 11.5 Å². The lowest BCUT2D eigenvalue weighted by Crippen LogP contribution is -2.49. The zero-order valence-corrected chi connectivity index (χ0v) is 8.60. The first-order valence-corrected chi connectivity index (χ1v) is 4.69. The Morgan fingerprint density at radius 2 is 2.19 bits per heavy atom. The lowest BCUT2D eigenvalue weighted by molar-refractivity contribution is -0.197. The number of Topliss-reactive ketones (excluding diaryl/α,β-unsaturated/α-hetero) is 1. The minimum Gasteiger partial charge on any atom is -0.464 e. The smallest absolute Gasteiger partial charge is 0.379 e. The maximum absolute atomic E-state index is 11.7. The number of esters is 1. The molecule has 1 atom stereocenters. The molecule has 1 aliphatic heterocycles. The van der Waals surface area contributed by atoms with Crippen LogP contribution in [0, 0.1) is 0 Å². The SMILES string of the molecule is COC(=O)[C@@]1(O)CC(=O)c2ccccc2O1. The highest BCUT2D eigenvalue weighted by Gasteiger charge is 2.46. The lowest BCUT2D eigenvalue weighted by Gasteiger charge is -2.30. The molecule has 0 unspecified atom stereocenters. The van der Waals surface area contributed by atoms with Gasteiger partial charge in [-0.3, -0.25) is 4.79 Å². The van der Waals surface area contributed by atoms with E-state index in [0.29, 0.717) is 5.56 Å². The Kier molecular flexibility index (Phi) is 2.40. The Labute approximate surface area is 91.6 Å². The maximum Gasteiger partial charge on any atom is 0.379 e. The number of fused-ring (bicyclic) bond motifs is 1. The van der Waals surface area contributed by atoms with Crippen molar-refractivity contribution in [1.29, 1.82) is 0 Å². The molecule has 1 aromatic carbocycles. The minimum atomic E-state index is -2.21. The van der Waals surface area contributed by atoms with Gasteiger partial charge >= 0.3 is 11.8 Å². The van der Waals surface area contributed by atoms with Gasteiger partial charge in [-0.25, -0.2) is 4.79 Å². The Balaban J connectivity index is 2.41. The van der Waals surface area contributed by atoms with Crippen LogP contribution in [0.3, 0.4) is 0 Å². The van der Waals surface area contributed by atoms with Crippen molar-refractivity contribution in [2.75, 3.05) is 7.11 Å². The van der Waals surface area contributed by atoms with Gasteiger partial charge in [0.1, 0.15) is 5.75 Å². The van der Waals surface area contributed by atoms with Gasteiger partial charge in [-0.1, -0.05) is 12.1 Å². The first-order chi connectivity index (χ1) is 7.57. The summed E-state index contributed by atoms with van der Waals surface area (Å²) in [6.07, 6.45) is -0.434.